The van der Waals surface area contributed by atoms with Gasteiger partial charge in [-0.15, -0.1) is 0 Å². The zero-order valence-electron chi connectivity index (χ0n) is 14.0. The summed E-state index contributed by atoms with van der Waals surface area (Å²) in [6.07, 6.45) is -1.43. The Labute approximate surface area is 144 Å². The number of anilines is 2. The lowest BCUT2D eigenvalue weighted by Crippen LogP contribution is -2.35. The number of hydrogen-bond acceptors (Lipinski definition) is 6. The summed E-state index contributed by atoms with van der Waals surface area (Å²) in [5, 5.41) is 19.6. The summed E-state index contributed by atoms with van der Waals surface area (Å²) in [6, 6.07) is 0.975. The molecule has 9 heteroatoms. The Hall–Kier alpha value is -1.61. The third kappa shape index (κ3) is 4.14. The molecule has 6 nitrogen and oxygen atoms in total. The van der Waals surface area contributed by atoms with Crippen LogP contribution in [-0.4, -0.2) is 58.6 Å². The van der Waals surface area contributed by atoms with Crippen LogP contribution in [0.15, 0.2) is 6.07 Å². The first-order valence-corrected chi connectivity index (χ1v) is 8.60. The van der Waals surface area contributed by atoms with E-state index in [4.69, 9.17) is 0 Å². The first kappa shape index (κ1) is 18.2. The Bertz CT molecular complexity index is 608. The number of hydrogen-bond donors (Lipinski definition) is 2. The smallest absolute Gasteiger partial charge is 0.393 e. The van der Waals surface area contributed by atoms with E-state index in [2.05, 4.69) is 9.97 Å². The van der Waals surface area contributed by atoms with Gasteiger partial charge < -0.3 is 20.0 Å². The molecule has 1 aromatic rings. The van der Waals surface area contributed by atoms with Gasteiger partial charge in [0.1, 0.15) is 5.82 Å². The van der Waals surface area contributed by atoms with Gasteiger partial charge in [-0.2, -0.15) is 18.2 Å². The van der Waals surface area contributed by atoms with Crippen molar-refractivity contribution in [1.29, 1.82) is 0 Å². The van der Waals surface area contributed by atoms with E-state index in [1.165, 1.54) is 0 Å². The Morgan fingerprint density at radius 1 is 1.00 bits per heavy atom. The van der Waals surface area contributed by atoms with Crippen molar-refractivity contribution in [2.24, 2.45) is 0 Å². The molecule has 25 heavy (non-hydrogen) atoms. The second kappa shape index (κ2) is 6.95. The van der Waals surface area contributed by atoms with E-state index < -0.39 is 17.5 Å². The number of nitrogens with zero attached hydrogens (tertiary/aromatic N) is 4. The molecule has 0 radical (unpaired) electrons. The monoisotopic (exact) mass is 360 g/mol. The van der Waals surface area contributed by atoms with Crippen LogP contribution in [0.5, 0.6) is 0 Å². The average Bonchev–Trinajstić information content (AvgIpc) is 3.04. The van der Waals surface area contributed by atoms with Crippen molar-refractivity contribution in [2.45, 2.75) is 43.9 Å². The lowest BCUT2D eigenvalue weighted by molar-refractivity contribution is -0.141. The minimum atomic E-state index is -4.54. The summed E-state index contributed by atoms with van der Waals surface area (Å²) in [5.41, 5.74) is -2.12. The lowest BCUT2D eigenvalue weighted by atomic mass is 9.96. The maximum absolute atomic E-state index is 13.3. The Morgan fingerprint density at radius 2 is 1.68 bits per heavy atom. The van der Waals surface area contributed by atoms with Crippen LogP contribution in [0.4, 0.5) is 24.9 Å². The summed E-state index contributed by atoms with van der Waals surface area (Å²) >= 11 is 0. The molecule has 3 rings (SSSR count). The standard InChI is InChI=1S/C16H23F3N4O2/c17-16(18,19)12-10-13(21-14(20-12)23-6-1-2-7-23)22-8-3-4-15(25,11-24)5-9-22/h10,24-25H,1-9,11H2/t15-/m1/s1. The zero-order valence-corrected chi connectivity index (χ0v) is 14.0. The number of aromatic nitrogens is 2. The van der Waals surface area contributed by atoms with Gasteiger partial charge in [0.15, 0.2) is 5.69 Å². The van der Waals surface area contributed by atoms with Gasteiger partial charge in [0.2, 0.25) is 5.95 Å². The number of alkyl halides is 3. The minimum Gasteiger partial charge on any atom is -0.393 e. The molecule has 2 N–H and O–H groups in total. The van der Waals surface area contributed by atoms with Gasteiger partial charge in [-0.1, -0.05) is 0 Å². The van der Waals surface area contributed by atoms with Crippen molar-refractivity contribution in [2.75, 3.05) is 42.6 Å². The number of aliphatic hydroxyl groups excluding tert-OH is 1. The predicted molar refractivity (Wildman–Crippen MR) is 86.6 cm³/mol. The number of aliphatic hydroxyl groups is 2. The summed E-state index contributed by atoms with van der Waals surface area (Å²) in [7, 11) is 0. The summed E-state index contributed by atoms with van der Waals surface area (Å²) in [5.74, 6) is 0.343. The highest BCUT2D eigenvalue weighted by Crippen LogP contribution is 2.33. The van der Waals surface area contributed by atoms with E-state index in [9.17, 15) is 23.4 Å². The van der Waals surface area contributed by atoms with Crippen molar-refractivity contribution in [3.05, 3.63) is 11.8 Å². The number of halogens is 3. The molecular weight excluding hydrogens is 337 g/mol. The fraction of sp³-hybridized carbons (Fsp3) is 0.750. The molecule has 0 amide bonds. The maximum atomic E-state index is 13.3. The van der Waals surface area contributed by atoms with Gasteiger partial charge >= 0.3 is 6.18 Å². The molecule has 2 aliphatic rings. The van der Waals surface area contributed by atoms with Crippen LogP contribution in [0.1, 0.15) is 37.8 Å². The van der Waals surface area contributed by atoms with Crippen molar-refractivity contribution >= 4 is 11.8 Å². The Morgan fingerprint density at radius 3 is 2.32 bits per heavy atom. The Kier molecular flexibility index (Phi) is 5.06. The second-order valence-corrected chi connectivity index (χ2v) is 6.83. The van der Waals surface area contributed by atoms with Crippen LogP contribution in [0, 0.1) is 0 Å². The topological polar surface area (TPSA) is 72.7 Å². The molecule has 1 atom stereocenters. The zero-order chi connectivity index (χ0) is 18.1. The third-order valence-corrected chi connectivity index (χ3v) is 4.92. The molecule has 2 saturated heterocycles. The largest absolute Gasteiger partial charge is 0.433 e. The summed E-state index contributed by atoms with van der Waals surface area (Å²) in [6.45, 7) is 1.79. The van der Waals surface area contributed by atoms with Crippen LogP contribution >= 0.6 is 0 Å². The van der Waals surface area contributed by atoms with Crippen molar-refractivity contribution in [3.8, 4) is 0 Å². The second-order valence-electron chi connectivity index (χ2n) is 6.83. The van der Waals surface area contributed by atoms with Crippen molar-refractivity contribution in [1.82, 2.24) is 9.97 Å². The molecule has 2 fully saturated rings. The van der Waals surface area contributed by atoms with Crippen LogP contribution in [0.3, 0.4) is 0 Å². The lowest BCUT2D eigenvalue weighted by Gasteiger charge is -2.26. The molecule has 2 aliphatic heterocycles. The first-order chi connectivity index (χ1) is 11.8. The molecule has 0 aliphatic carbocycles. The van der Waals surface area contributed by atoms with Gasteiger partial charge in [0.25, 0.3) is 0 Å². The van der Waals surface area contributed by atoms with Crippen molar-refractivity contribution < 1.29 is 23.4 Å². The SMILES string of the molecule is OC[C@@]1(O)CCCN(c2cc(C(F)(F)F)nc(N3CCCC3)n2)CC1. The fourth-order valence-corrected chi connectivity index (χ4v) is 3.35. The van der Waals surface area contributed by atoms with E-state index in [0.717, 1.165) is 18.9 Å². The van der Waals surface area contributed by atoms with Gasteiger partial charge in [0, 0.05) is 32.2 Å². The molecule has 1 aromatic heterocycles. The third-order valence-electron chi connectivity index (χ3n) is 4.92. The molecule has 140 valence electrons. The summed E-state index contributed by atoms with van der Waals surface area (Å²) in [4.78, 5) is 11.6. The highest BCUT2D eigenvalue weighted by Gasteiger charge is 2.36. The molecule has 0 spiro atoms. The quantitative estimate of drug-likeness (QED) is 0.857. The molecule has 0 saturated carbocycles. The molecule has 3 heterocycles. The van der Waals surface area contributed by atoms with Gasteiger partial charge in [0.05, 0.1) is 12.2 Å². The van der Waals surface area contributed by atoms with E-state index in [0.29, 0.717) is 39.0 Å². The fourth-order valence-electron chi connectivity index (χ4n) is 3.35. The van der Waals surface area contributed by atoms with Crippen LogP contribution in [0.25, 0.3) is 0 Å². The normalized spacial score (nSPS) is 25.3. The van der Waals surface area contributed by atoms with Crippen LogP contribution < -0.4 is 9.80 Å². The van der Waals surface area contributed by atoms with Crippen molar-refractivity contribution in [3.63, 3.8) is 0 Å². The maximum Gasteiger partial charge on any atom is 0.433 e. The van der Waals surface area contributed by atoms with E-state index in [-0.39, 0.29) is 24.8 Å². The molecule has 0 aromatic carbocycles. The minimum absolute atomic E-state index is 0.115. The van der Waals surface area contributed by atoms with Gasteiger partial charge in [-0.25, -0.2) is 4.98 Å². The van der Waals surface area contributed by atoms with E-state index >= 15 is 0 Å². The van der Waals surface area contributed by atoms with Crippen LogP contribution in [0.2, 0.25) is 0 Å². The van der Waals surface area contributed by atoms with Crippen LogP contribution in [-0.2, 0) is 6.18 Å². The molecule has 0 unspecified atom stereocenters. The number of rotatable bonds is 3. The van der Waals surface area contributed by atoms with E-state index in [1.54, 1.807) is 9.80 Å². The first-order valence-electron chi connectivity index (χ1n) is 8.60. The highest BCUT2D eigenvalue weighted by atomic mass is 19.4. The Balaban J connectivity index is 1.90. The average molecular weight is 360 g/mol. The van der Waals surface area contributed by atoms with Gasteiger partial charge in [-0.05, 0) is 32.1 Å². The van der Waals surface area contributed by atoms with Gasteiger partial charge in [-0.3, -0.25) is 0 Å². The molecular formula is C16H23F3N4O2. The summed E-state index contributed by atoms with van der Waals surface area (Å²) < 4.78 is 39.8. The molecule has 0 bridgehead atoms. The predicted octanol–water partition coefficient (Wildman–Crippen LogP) is 1.81. The van der Waals surface area contributed by atoms with E-state index in [1.807, 2.05) is 0 Å². The highest BCUT2D eigenvalue weighted by molar-refractivity contribution is 5.47.